The third-order valence-corrected chi connectivity index (χ3v) is 6.28. The zero-order valence-corrected chi connectivity index (χ0v) is 18.1. The molecule has 9 heteroatoms. The first kappa shape index (κ1) is 21.3. The summed E-state index contributed by atoms with van der Waals surface area (Å²) in [6.07, 6.45) is 1.54. The fourth-order valence-corrected chi connectivity index (χ4v) is 4.18. The third kappa shape index (κ3) is 3.88. The van der Waals surface area contributed by atoms with Crippen molar-refractivity contribution in [2.24, 2.45) is 14.1 Å². The van der Waals surface area contributed by atoms with Gasteiger partial charge in [0.1, 0.15) is 11.3 Å². The fraction of sp³-hybridized carbons (Fsp3) is 0.364. The highest BCUT2D eigenvalue weighted by atomic mass is 35.5. The lowest BCUT2D eigenvalue weighted by atomic mass is 9.74. The van der Waals surface area contributed by atoms with Gasteiger partial charge in [0.15, 0.2) is 0 Å². The van der Waals surface area contributed by atoms with Crippen molar-refractivity contribution in [3.63, 3.8) is 0 Å². The number of carbonyl (C=O) groups is 1. The number of amides is 1. The maximum atomic E-state index is 12.9. The van der Waals surface area contributed by atoms with Crippen molar-refractivity contribution < 1.29 is 9.53 Å². The molecule has 1 aromatic carbocycles. The average Bonchev–Trinajstić information content (AvgIpc) is 2.80. The predicted octanol–water partition coefficient (Wildman–Crippen LogP) is 1.76. The van der Waals surface area contributed by atoms with Gasteiger partial charge in [-0.1, -0.05) is 23.7 Å². The summed E-state index contributed by atoms with van der Waals surface area (Å²) in [6.45, 7) is 1.63. The summed E-state index contributed by atoms with van der Waals surface area (Å²) in [5.41, 5.74) is 0.220. The van der Waals surface area contributed by atoms with Gasteiger partial charge in [-0.05, 0) is 42.7 Å². The molecule has 31 heavy (non-hydrogen) atoms. The number of fused-ring (bicyclic) bond motifs is 1. The fourth-order valence-electron chi connectivity index (χ4n) is 4.05. The van der Waals surface area contributed by atoms with Crippen LogP contribution in [0.2, 0.25) is 5.02 Å². The zero-order valence-electron chi connectivity index (χ0n) is 17.4. The van der Waals surface area contributed by atoms with Crippen LogP contribution in [0.1, 0.15) is 28.9 Å². The molecule has 0 atom stereocenters. The number of rotatable bonds is 4. The molecular weight excluding hydrogens is 420 g/mol. The smallest absolute Gasteiger partial charge is 0.332 e. The van der Waals surface area contributed by atoms with E-state index in [1.165, 1.54) is 30.8 Å². The molecule has 1 amide bonds. The second-order valence-corrected chi connectivity index (χ2v) is 8.29. The molecule has 0 unspecified atom stereocenters. The van der Waals surface area contributed by atoms with Crippen molar-refractivity contribution in [3.05, 3.63) is 73.5 Å². The highest BCUT2D eigenvalue weighted by Crippen LogP contribution is 2.35. The molecule has 0 aliphatic carbocycles. The van der Waals surface area contributed by atoms with Gasteiger partial charge in [-0.3, -0.25) is 18.7 Å². The van der Waals surface area contributed by atoms with Crippen LogP contribution in [0.3, 0.4) is 0 Å². The van der Waals surface area contributed by atoms with Crippen molar-refractivity contribution in [1.82, 2.24) is 19.4 Å². The lowest BCUT2D eigenvalue weighted by molar-refractivity contribution is 0.0487. The largest absolute Gasteiger partial charge is 0.381 e. The number of aromatic nitrogens is 3. The van der Waals surface area contributed by atoms with Gasteiger partial charge < -0.3 is 10.1 Å². The van der Waals surface area contributed by atoms with Crippen LogP contribution in [-0.4, -0.2) is 39.8 Å². The minimum atomic E-state index is -0.494. The topological polar surface area (TPSA) is 95.2 Å². The number of aryl methyl sites for hydroxylation is 1. The summed E-state index contributed by atoms with van der Waals surface area (Å²) >= 11 is 6.05. The van der Waals surface area contributed by atoms with Crippen molar-refractivity contribution >= 4 is 28.5 Å². The van der Waals surface area contributed by atoms with Crippen LogP contribution in [-0.2, 0) is 24.2 Å². The molecule has 1 saturated heterocycles. The molecular formula is C22H23ClN4O4. The van der Waals surface area contributed by atoms with Gasteiger partial charge in [-0.25, -0.2) is 9.78 Å². The Kier molecular flexibility index (Phi) is 5.68. The van der Waals surface area contributed by atoms with Crippen molar-refractivity contribution in [1.29, 1.82) is 0 Å². The van der Waals surface area contributed by atoms with E-state index in [2.05, 4.69) is 10.3 Å². The van der Waals surface area contributed by atoms with E-state index in [0.29, 0.717) is 24.8 Å². The maximum Gasteiger partial charge on any atom is 0.332 e. The molecule has 3 aromatic rings. The molecule has 0 bridgehead atoms. The van der Waals surface area contributed by atoms with E-state index >= 15 is 0 Å². The van der Waals surface area contributed by atoms with Crippen LogP contribution in [0.25, 0.3) is 11.0 Å². The molecule has 162 valence electrons. The highest BCUT2D eigenvalue weighted by Gasteiger charge is 2.35. The van der Waals surface area contributed by atoms with E-state index in [0.717, 1.165) is 23.0 Å². The summed E-state index contributed by atoms with van der Waals surface area (Å²) in [5.74, 6) is -0.366. The quantitative estimate of drug-likeness (QED) is 0.664. The lowest BCUT2D eigenvalue weighted by Crippen LogP contribution is -2.44. The summed E-state index contributed by atoms with van der Waals surface area (Å²) in [5, 5.41) is 3.93. The van der Waals surface area contributed by atoms with Crippen LogP contribution >= 0.6 is 11.6 Å². The summed E-state index contributed by atoms with van der Waals surface area (Å²) in [4.78, 5) is 41.7. The number of carbonyl (C=O) groups excluding carboxylic acids is 1. The Balaban J connectivity index is 1.62. The maximum absolute atomic E-state index is 12.9. The SMILES string of the molecule is Cn1c(=O)c2ccc(C(=O)NCC3(c4ccc(Cl)cc4)CCOCC3)nc2n(C)c1=O. The van der Waals surface area contributed by atoms with Crippen LogP contribution in [0.4, 0.5) is 0 Å². The molecule has 2 aromatic heterocycles. The molecule has 1 aliphatic heterocycles. The Morgan fingerprint density at radius 1 is 1.10 bits per heavy atom. The molecule has 0 saturated carbocycles. The second kappa shape index (κ2) is 8.28. The zero-order chi connectivity index (χ0) is 22.2. The van der Waals surface area contributed by atoms with Crippen LogP contribution in [0, 0.1) is 0 Å². The summed E-state index contributed by atoms with van der Waals surface area (Å²) in [7, 11) is 2.94. The Labute approximate surface area is 183 Å². The van der Waals surface area contributed by atoms with E-state index in [1.54, 1.807) is 0 Å². The number of hydrogen-bond acceptors (Lipinski definition) is 5. The van der Waals surface area contributed by atoms with E-state index in [1.807, 2.05) is 24.3 Å². The normalized spacial score (nSPS) is 15.7. The Bertz CT molecular complexity index is 1260. The van der Waals surface area contributed by atoms with E-state index < -0.39 is 11.2 Å². The van der Waals surface area contributed by atoms with Crippen LogP contribution in [0.5, 0.6) is 0 Å². The predicted molar refractivity (Wildman–Crippen MR) is 118 cm³/mol. The third-order valence-electron chi connectivity index (χ3n) is 6.03. The van der Waals surface area contributed by atoms with Gasteiger partial charge in [0, 0.05) is 44.3 Å². The summed E-state index contributed by atoms with van der Waals surface area (Å²) in [6, 6.07) is 10.7. The first-order chi connectivity index (χ1) is 14.8. The van der Waals surface area contributed by atoms with Crippen molar-refractivity contribution in [2.75, 3.05) is 19.8 Å². The molecule has 8 nitrogen and oxygen atoms in total. The second-order valence-electron chi connectivity index (χ2n) is 7.86. The number of ether oxygens (including phenoxy) is 1. The van der Waals surface area contributed by atoms with Crippen molar-refractivity contribution in [3.8, 4) is 0 Å². The Morgan fingerprint density at radius 2 is 1.77 bits per heavy atom. The lowest BCUT2D eigenvalue weighted by Gasteiger charge is -2.38. The van der Waals surface area contributed by atoms with Gasteiger partial charge >= 0.3 is 5.69 Å². The standard InChI is InChI=1S/C22H23ClN4O4/c1-26-18-16(20(29)27(2)21(26)30)7-8-17(25-18)19(28)24-13-22(9-11-31-12-10-22)14-3-5-15(23)6-4-14/h3-8H,9-13H2,1-2H3,(H,24,28). The van der Waals surface area contributed by atoms with Crippen LogP contribution < -0.4 is 16.6 Å². The highest BCUT2D eigenvalue weighted by molar-refractivity contribution is 6.30. The molecule has 1 fully saturated rings. The van der Waals surface area contributed by atoms with Gasteiger partial charge in [0.25, 0.3) is 11.5 Å². The Morgan fingerprint density at radius 3 is 2.45 bits per heavy atom. The van der Waals surface area contributed by atoms with Gasteiger partial charge in [0.2, 0.25) is 0 Å². The van der Waals surface area contributed by atoms with Gasteiger partial charge in [-0.15, -0.1) is 0 Å². The molecule has 1 aliphatic rings. The minimum Gasteiger partial charge on any atom is -0.381 e. The molecule has 0 spiro atoms. The molecule has 4 rings (SSSR count). The van der Waals surface area contributed by atoms with E-state index in [-0.39, 0.29) is 28.0 Å². The summed E-state index contributed by atoms with van der Waals surface area (Å²) < 4.78 is 7.82. The first-order valence-corrected chi connectivity index (χ1v) is 10.4. The monoisotopic (exact) mass is 442 g/mol. The minimum absolute atomic E-state index is 0.147. The Hall–Kier alpha value is -2.97. The number of benzene rings is 1. The number of halogens is 1. The molecule has 1 N–H and O–H groups in total. The van der Waals surface area contributed by atoms with Gasteiger partial charge in [0.05, 0.1) is 5.39 Å². The van der Waals surface area contributed by atoms with Crippen molar-refractivity contribution in [2.45, 2.75) is 18.3 Å². The van der Waals surface area contributed by atoms with E-state index in [4.69, 9.17) is 16.3 Å². The number of nitrogens with zero attached hydrogens (tertiary/aromatic N) is 3. The molecule has 3 heterocycles. The molecule has 0 radical (unpaired) electrons. The van der Waals surface area contributed by atoms with Crippen LogP contribution in [0.15, 0.2) is 46.0 Å². The first-order valence-electron chi connectivity index (χ1n) is 10.0. The van der Waals surface area contributed by atoms with E-state index in [9.17, 15) is 14.4 Å². The number of hydrogen-bond donors (Lipinski definition) is 1. The average molecular weight is 443 g/mol. The van der Waals surface area contributed by atoms with Gasteiger partial charge in [-0.2, -0.15) is 0 Å². The number of nitrogens with one attached hydrogen (secondary N) is 1. The number of pyridine rings is 1.